The molecule has 2 N–H and O–H groups in total. The number of rotatable bonds is 6. The van der Waals surface area contributed by atoms with Crippen molar-refractivity contribution in [2.24, 2.45) is 0 Å². The molecule has 2 aliphatic heterocycles. The maximum Gasteiger partial charge on any atom is 0.256 e. The van der Waals surface area contributed by atoms with E-state index in [-0.39, 0.29) is 11.8 Å². The van der Waals surface area contributed by atoms with E-state index in [1.165, 1.54) is 0 Å². The van der Waals surface area contributed by atoms with Crippen molar-refractivity contribution in [3.8, 4) is 0 Å². The molecular formula is C23H27ClN4O2. The summed E-state index contributed by atoms with van der Waals surface area (Å²) in [6.45, 7) is 10.5. The lowest BCUT2D eigenvalue weighted by Gasteiger charge is -2.29. The van der Waals surface area contributed by atoms with Gasteiger partial charge in [-0.3, -0.25) is 9.59 Å². The zero-order valence-electron chi connectivity index (χ0n) is 17.6. The molecule has 1 aromatic carbocycles. The number of aromatic nitrogens is 1. The van der Waals surface area contributed by atoms with Gasteiger partial charge in [-0.1, -0.05) is 25.4 Å². The van der Waals surface area contributed by atoms with Crippen molar-refractivity contribution in [1.82, 2.24) is 14.8 Å². The Balaban J connectivity index is 1.62. The third kappa shape index (κ3) is 3.66. The van der Waals surface area contributed by atoms with E-state index >= 15 is 0 Å². The molecule has 4 rings (SSSR count). The summed E-state index contributed by atoms with van der Waals surface area (Å²) in [5.41, 5.74) is 5.48. The number of aromatic amines is 1. The van der Waals surface area contributed by atoms with Crippen LogP contribution in [-0.2, 0) is 11.2 Å². The van der Waals surface area contributed by atoms with E-state index in [1.807, 2.05) is 17.9 Å². The van der Waals surface area contributed by atoms with Gasteiger partial charge in [-0.2, -0.15) is 0 Å². The number of nitrogens with zero attached hydrogens (tertiary/aromatic N) is 2. The zero-order chi connectivity index (χ0) is 21.4. The highest BCUT2D eigenvalue weighted by Gasteiger charge is 2.30. The molecular weight excluding hydrogens is 400 g/mol. The van der Waals surface area contributed by atoms with Gasteiger partial charge < -0.3 is 20.1 Å². The van der Waals surface area contributed by atoms with Crippen molar-refractivity contribution in [2.45, 2.75) is 27.2 Å². The highest BCUT2D eigenvalue weighted by atomic mass is 35.5. The summed E-state index contributed by atoms with van der Waals surface area (Å²) in [7, 11) is 0. The van der Waals surface area contributed by atoms with Gasteiger partial charge in [-0.05, 0) is 49.9 Å². The largest absolute Gasteiger partial charge is 0.358 e. The highest BCUT2D eigenvalue weighted by molar-refractivity contribution is 6.36. The average Bonchev–Trinajstić information content (AvgIpc) is 3.21. The predicted molar refractivity (Wildman–Crippen MR) is 121 cm³/mol. The van der Waals surface area contributed by atoms with Gasteiger partial charge in [0.15, 0.2) is 0 Å². The van der Waals surface area contributed by atoms with Crippen molar-refractivity contribution in [3.63, 3.8) is 0 Å². The molecule has 2 amide bonds. The molecule has 0 saturated carbocycles. The second kappa shape index (κ2) is 8.28. The quantitative estimate of drug-likeness (QED) is 0.690. The molecule has 0 aliphatic carbocycles. The van der Waals surface area contributed by atoms with Crippen LogP contribution >= 0.6 is 11.6 Å². The first kappa shape index (κ1) is 20.7. The third-order valence-electron chi connectivity index (χ3n) is 6.13. The fourth-order valence-electron chi connectivity index (χ4n) is 4.27. The topological polar surface area (TPSA) is 68.4 Å². The number of anilines is 1. The van der Waals surface area contributed by atoms with Crippen LogP contribution in [0.5, 0.6) is 0 Å². The number of hydrogen-bond acceptors (Lipinski definition) is 3. The molecule has 2 aliphatic rings. The number of fused-ring (bicyclic) bond motifs is 2. The first-order valence-electron chi connectivity index (χ1n) is 10.5. The first-order valence-corrected chi connectivity index (χ1v) is 10.9. The second-order valence-electron chi connectivity index (χ2n) is 7.79. The van der Waals surface area contributed by atoms with E-state index in [2.05, 4.69) is 29.0 Å². The lowest BCUT2D eigenvalue weighted by atomic mass is 10.0. The fraction of sp³-hybridized carbons (Fsp3) is 0.391. The van der Waals surface area contributed by atoms with Gasteiger partial charge in [-0.15, -0.1) is 0 Å². The summed E-state index contributed by atoms with van der Waals surface area (Å²) in [6, 6.07) is 5.35. The van der Waals surface area contributed by atoms with Crippen LogP contribution in [0.25, 0.3) is 11.6 Å². The van der Waals surface area contributed by atoms with Crippen LogP contribution in [0.1, 0.15) is 46.7 Å². The Bertz CT molecular complexity index is 1040. The summed E-state index contributed by atoms with van der Waals surface area (Å²) in [5.74, 6) is -0.0902. The van der Waals surface area contributed by atoms with Gasteiger partial charge in [0.2, 0.25) is 0 Å². The summed E-state index contributed by atoms with van der Waals surface area (Å²) in [5, 5.41) is 3.45. The van der Waals surface area contributed by atoms with Crippen molar-refractivity contribution in [1.29, 1.82) is 0 Å². The Labute approximate surface area is 181 Å². The Hall–Kier alpha value is -2.57. The van der Waals surface area contributed by atoms with Crippen LogP contribution in [0.3, 0.4) is 0 Å². The van der Waals surface area contributed by atoms with E-state index in [9.17, 15) is 9.59 Å². The normalized spacial score (nSPS) is 17.0. The molecule has 158 valence electrons. The van der Waals surface area contributed by atoms with Crippen LogP contribution in [0, 0.1) is 6.92 Å². The average molecular weight is 427 g/mol. The van der Waals surface area contributed by atoms with Gasteiger partial charge >= 0.3 is 0 Å². The van der Waals surface area contributed by atoms with Crippen molar-refractivity contribution in [2.75, 3.05) is 38.0 Å². The van der Waals surface area contributed by atoms with Crippen LogP contribution in [0.2, 0.25) is 5.02 Å². The Morgan fingerprint density at radius 3 is 2.73 bits per heavy atom. The number of amides is 2. The minimum atomic E-state index is -0.161. The van der Waals surface area contributed by atoms with Crippen LogP contribution in [-0.4, -0.2) is 59.3 Å². The molecule has 0 fully saturated rings. The number of hydrogen-bond donors (Lipinski definition) is 2. The summed E-state index contributed by atoms with van der Waals surface area (Å²) in [6.07, 6.45) is 2.62. The van der Waals surface area contributed by atoms with E-state index in [0.717, 1.165) is 66.4 Å². The molecule has 7 heteroatoms. The van der Waals surface area contributed by atoms with E-state index < -0.39 is 0 Å². The number of carbonyl (C=O) groups excluding carboxylic acids is 2. The first-order chi connectivity index (χ1) is 14.4. The molecule has 30 heavy (non-hydrogen) atoms. The minimum Gasteiger partial charge on any atom is -0.358 e. The molecule has 6 nitrogen and oxygen atoms in total. The molecule has 2 aromatic rings. The number of nitrogens with one attached hydrogen (secondary N) is 2. The maximum absolute atomic E-state index is 13.2. The molecule has 0 atom stereocenters. The predicted octanol–water partition coefficient (Wildman–Crippen LogP) is 3.81. The Morgan fingerprint density at radius 1 is 1.23 bits per heavy atom. The number of likely N-dealkylation sites (N-methyl/N-ethyl adjacent to an activating group) is 1. The van der Waals surface area contributed by atoms with Crippen LogP contribution < -0.4 is 5.32 Å². The maximum atomic E-state index is 13.2. The Morgan fingerprint density at radius 2 is 2.00 bits per heavy atom. The molecule has 1 aromatic heterocycles. The molecule has 0 unspecified atom stereocenters. The fourth-order valence-corrected chi connectivity index (χ4v) is 4.44. The van der Waals surface area contributed by atoms with Gasteiger partial charge in [0, 0.05) is 53.7 Å². The summed E-state index contributed by atoms with van der Waals surface area (Å²) in [4.78, 5) is 33.3. The van der Waals surface area contributed by atoms with Crippen LogP contribution in [0.4, 0.5) is 5.69 Å². The lowest BCUT2D eigenvalue weighted by Crippen LogP contribution is -2.42. The van der Waals surface area contributed by atoms with Crippen molar-refractivity contribution < 1.29 is 9.59 Å². The molecule has 0 spiro atoms. The second-order valence-corrected chi connectivity index (χ2v) is 8.22. The summed E-state index contributed by atoms with van der Waals surface area (Å²) >= 11 is 6.13. The van der Waals surface area contributed by atoms with Gasteiger partial charge in [0.25, 0.3) is 11.8 Å². The zero-order valence-corrected chi connectivity index (χ0v) is 18.4. The van der Waals surface area contributed by atoms with Crippen molar-refractivity contribution in [3.05, 3.63) is 51.3 Å². The summed E-state index contributed by atoms with van der Waals surface area (Å²) < 4.78 is 0. The third-order valence-corrected chi connectivity index (χ3v) is 6.37. The molecule has 0 radical (unpaired) electrons. The number of carbonyl (C=O) groups is 2. The van der Waals surface area contributed by atoms with Crippen LogP contribution in [0.15, 0.2) is 18.2 Å². The SMILES string of the molecule is CCN(CC)CCN1CCc2[nH]c(C=C3C(=O)Nc4ccc(Cl)cc43)c(C)c2C1=O. The standard InChI is InChI=1S/C23H27ClN4O2/c1-4-27(5-2)10-11-28-9-8-19-21(23(28)30)14(3)20(25-19)13-17-16-12-15(24)6-7-18(16)26-22(17)29/h6-7,12-13,25H,4-5,8-11H2,1-3H3,(H,26,29). The smallest absolute Gasteiger partial charge is 0.256 e. The van der Waals surface area contributed by atoms with Crippen molar-refractivity contribution >= 4 is 40.8 Å². The number of benzene rings is 1. The van der Waals surface area contributed by atoms with E-state index in [0.29, 0.717) is 17.1 Å². The number of H-pyrrole nitrogens is 1. The monoisotopic (exact) mass is 426 g/mol. The Kier molecular flexibility index (Phi) is 5.71. The lowest BCUT2D eigenvalue weighted by molar-refractivity contribution is -0.110. The molecule has 0 bridgehead atoms. The van der Waals surface area contributed by atoms with Gasteiger partial charge in [0.1, 0.15) is 0 Å². The molecule has 3 heterocycles. The minimum absolute atomic E-state index is 0.0705. The highest BCUT2D eigenvalue weighted by Crippen LogP contribution is 2.36. The van der Waals surface area contributed by atoms with E-state index in [4.69, 9.17) is 11.6 Å². The van der Waals surface area contributed by atoms with E-state index in [1.54, 1.807) is 18.2 Å². The number of halogens is 1. The van der Waals surface area contributed by atoms with Gasteiger partial charge in [0.05, 0.1) is 11.1 Å². The van der Waals surface area contributed by atoms with Gasteiger partial charge in [-0.25, -0.2) is 0 Å². The molecule has 0 saturated heterocycles.